The van der Waals surface area contributed by atoms with Gasteiger partial charge in [0, 0.05) is 19.6 Å². The zero-order chi connectivity index (χ0) is 14.8. The van der Waals surface area contributed by atoms with Crippen LogP contribution in [0.2, 0.25) is 0 Å². The molecule has 0 unspecified atom stereocenters. The molecule has 1 aromatic rings. The number of hydrogen-bond donors (Lipinski definition) is 2. The molecule has 0 aliphatic heterocycles. The fourth-order valence-electron chi connectivity index (χ4n) is 1.80. The third kappa shape index (κ3) is 5.86. The first-order chi connectivity index (χ1) is 9.69. The van der Waals surface area contributed by atoms with Crippen LogP contribution in [0.3, 0.4) is 0 Å². The zero-order valence-electron chi connectivity index (χ0n) is 11.8. The summed E-state index contributed by atoms with van der Waals surface area (Å²) in [5.74, 6) is 0.688. The molecule has 110 valence electrons. The molecule has 0 radical (unpaired) electrons. The van der Waals surface area contributed by atoms with Crippen molar-refractivity contribution in [3.63, 3.8) is 0 Å². The second-order valence-corrected chi connectivity index (χ2v) is 4.38. The van der Waals surface area contributed by atoms with Crippen LogP contribution in [-0.4, -0.2) is 49.3 Å². The molecule has 20 heavy (non-hydrogen) atoms. The van der Waals surface area contributed by atoms with Gasteiger partial charge in [0.2, 0.25) is 5.91 Å². The molecule has 5 heteroatoms. The topological polar surface area (TPSA) is 61.8 Å². The first-order valence-corrected chi connectivity index (χ1v) is 6.53. The number of aliphatic hydroxyl groups excluding tert-OH is 1. The molecule has 0 spiro atoms. The largest absolute Gasteiger partial charge is 0.497 e. The van der Waals surface area contributed by atoms with Crippen LogP contribution in [0, 0.1) is 0 Å². The molecule has 5 nitrogen and oxygen atoms in total. The van der Waals surface area contributed by atoms with E-state index in [-0.39, 0.29) is 19.1 Å². The number of rotatable bonds is 9. The van der Waals surface area contributed by atoms with Crippen LogP contribution in [0.5, 0.6) is 5.75 Å². The summed E-state index contributed by atoms with van der Waals surface area (Å²) in [5, 5.41) is 11.8. The minimum absolute atomic E-state index is 0.0248. The minimum atomic E-state index is -0.0804. The van der Waals surface area contributed by atoms with E-state index in [1.165, 1.54) is 0 Å². The maximum atomic E-state index is 11.8. The summed E-state index contributed by atoms with van der Waals surface area (Å²) in [5.41, 5.74) is 0.982. The number of nitrogens with zero attached hydrogens (tertiary/aromatic N) is 1. The van der Waals surface area contributed by atoms with Crippen molar-refractivity contribution in [3.8, 4) is 5.75 Å². The molecule has 0 bridgehead atoms. The second kappa shape index (κ2) is 9.12. The van der Waals surface area contributed by atoms with Crippen molar-refractivity contribution in [1.82, 2.24) is 10.2 Å². The molecule has 0 heterocycles. The Balaban J connectivity index is 2.43. The van der Waals surface area contributed by atoms with Gasteiger partial charge >= 0.3 is 0 Å². The molecule has 2 N–H and O–H groups in total. The average molecular weight is 278 g/mol. The highest BCUT2D eigenvalue weighted by Gasteiger charge is 2.08. The summed E-state index contributed by atoms with van der Waals surface area (Å²) in [6.45, 7) is 5.39. The predicted molar refractivity (Wildman–Crippen MR) is 78.6 cm³/mol. The van der Waals surface area contributed by atoms with E-state index in [1.807, 2.05) is 29.2 Å². The molecule has 1 amide bonds. The highest BCUT2D eigenvalue weighted by atomic mass is 16.5. The van der Waals surface area contributed by atoms with Crippen molar-refractivity contribution in [2.24, 2.45) is 0 Å². The van der Waals surface area contributed by atoms with Gasteiger partial charge in [-0.25, -0.2) is 0 Å². The number of hydrogen-bond acceptors (Lipinski definition) is 4. The molecule has 0 fully saturated rings. The maximum Gasteiger partial charge on any atom is 0.234 e. The van der Waals surface area contributed by atoms with E-state index in [4.69, 9.17) is 9.84 Å². The first kappa shape index (κ1) is 16.2. The Kier molecular flexibility index (Phi) is 7.39. The standard InChI is InChI=1S/C15H22N2O3/c1-3-7-17(8-9-18)12-15(19)16-11-13-5-4-6-14(10-13)20-2/h3-6,10,18H,1,7-9,11-12H2,2H3,(H,16,19). The SMILES string of the molecule is C=CCN(CCO)CC(=O)NCc1cccc(OC)c1. The lowest BCUT2D eigenvalue weighted by Crippen LogP contribution is -2.38. The van der Waals surface area contributed by atoms with Gasteiger partial charge in [0.15, 0.2) is 0 Å². The van der Waals surface area contributed by atoms with E-state index in [0.29, 0.717) is 19.6 Å². The van der Waals surface area contributed by atoms with E-state index in [2.05, 4.69) is 11.9 Å². The number of aliphatic hydroxyl groups is 1. The van der Waals surface area contributed by atoms with Crippen LogP contribution in [-0.2, 0) is 11.3 Å². The molecule has 1 rings (SSSR count). The lowest BCUT2D eigenvalue weighted by atomic mass is 10.2. The summed E-state index contributed by atoms with van der Waals surface area (Å²) >= 11 is 0. The number of ether oxygens (including phenoxy) is 1. The summed E-state index contributed by atoms with van der Waals surface area (Å²) in [7, 11) is 1.61. The van der Waals surface area contributed by atoms with Crippen LogP contribution in [0.1, 0.15) is 5.56 Å². The second-order valence-electron chi connectivity index (χ2n) is 4.38. The van der Waals surface area contributed by atoms with Crippen molar-refractivity contribution >= 4 is 5.91 Å². The van der Waals surface area contributed by atoms with Crippen molar-refractivity contribution in [1.29, 1.82) is 0 Å². The van der Waals surface area contributed by atoms with Crippen molar-refractivity contribution in [2.45, 2.75) is 6.54 Å². The highest BCUT2D eigenvalue weighted by Crippen LogP contribution is 2.11. The third-order valence-electron chi connectivity index (χ3n) is 2.79. The highest BCUT2D eigenvalue weighted by molar-refractivity contribution is 5.78. The van der Waals surface area contributed by atoms with Crippen LogP contribution >= 0.6 is 0 Å². The van der Waals surface area contributed by atoms with Gasteiger partial charge < -0.3 is 15.2 Å². The number of benzene rings is 1. The fraction of sp³-hybridized carbons (Fsp3) is 0.400. The van der Waals surface area contributed by atoms with Gasteiger partial charge in [0.1, 0.15) is 5.75 Å². The lowest BCUT2D eigenvalue weighted by Gasteiger charge is -2.18. The fourth-order valence-corrected chi connectivity index (χ4v) is 1.80. The monoisotopic (exact) mass is 278 g/mol. The summed E-state index contributed by atoms with van der Waals surface area (Å²) in [6.07, 6.45) is 1.71. The normalized spacial score (nSPS) is 10.3. The Morgan fingerprint density at radius 3 is 3.00 bits per heavy atom. The Hall–Kier alpha value is -1.85. The van der Waals surface area contributed by atoms with Gasteiger partial charge in [0.25, 0.3) is 0 Å². The van der Waals surface area contributed by atoms with E-state index in [1.54, 1.807) is 13.2 Å². The molecule has 0 aromatic heterocycles. The lowest BCUT2D eigenvalue weighted by molar-refractivity contribution is -0.122. The average Bonchev–Trinajstić information content (AvgIpc) is 2.46. The molecule has 0 saturated carbocycles. The summed E-state index contributed by atoms with van der Waals surface area (Å²) in [4.78, 5) is 13.7. The van der Waals surface area contributed by atoms with Crippen LogP contribution in [0.4, 0.5) is 0 Å². The van der Waals surface area contributed by atoms with Crippen molar-refractivity contribution < 1.29 is 14.6 Å². The van der Waals surface area contributed by atoms with Gasteiger partial charge in [-0.1, -0.05) is 18.2 Å². The van der Waals surface area contributed by atoms with Crippen LogP contribution in [0.15, 0.2) is 36.9 Å². The summed E-state index contributed by atoms with van der Waals surface area (Å²) < 4.78 is 5.13. The number of methoxy groups -OCH3 is 1. The van der Waals surface area contributed by atoms with Gasteiger partial charge in [-0.15, -0.1) is 6.58 Å². The van der Waals surface area contributed by atoms with Gasteiger partial charge in [-0.05, 0) is 17.7 Å². The van der Waals surface area contributed by atoms with Gasteiger partial charge in [-0.2, -0.15) is 0 Å². The molecular formula is C15H22N2O3. The quantitative estimate of drug-likeness (QED) is 0.656. The Morgan fingerprint density at radius 1 is 1.55 bits per heavy atom. The molecule has 1 aromatic carbocycles. The van der Waals surface area contributed by atoms with Crippen LogP contribution in [0.25, 0.3) is 0 Å². The maximum absolute atomic E-state index is 11.8. The van der Waals surface area contributed by atoms with E-state index < -0.39 is 0 Å². The third-order valence-corrected chi connectivity index (χ3v) is 2.79. The minimum Gasteiger partial charge on any atom is -0.497 e. The van der Waals surface area contributed by atoms with Gasteiger partial charge in [0.05, 0.1) is 20.3 Å². The Morgan fingerprint density at radius 2 is 2.35 bits per heavy atom. The number of carbonyl (C=O) groups is 1. The molecular weight excluding hydrogens is 256 g/mol. The molecule has 0 aliphatic carbocycles. The van der Waals surface area contributed by atoms with Crippen molar-refractivity contribution in [2.75, 3.05) is 33.4 Å². The zero-order valence-corrected chi connectivity index (χ0v) is 11.8. The number of nitrogens with one attached hydrogen (secondary N) is 1. The molecule has 0 atom stereocenters. The van der Waals surface area contributed by atoms with Gasteiger partial charge in [-0.3, -0.25) is 9.69 Å². The Bertz CT molecular complexity index is 435. The summed E-state index contributed by atoms with van der Waals surface area (Å²) in [6, 6.07) is 7.56. The smallest absolute Gasteiger partial charge is 0.234 e. The predicted octanol–water partition coefficient (Wildman–Crippen LogP) is 0.792. The molecule has 0 saturated heterocycles. The van der Waals surface area contributed by atoms with E-state index in [0.717, 1.165) is 11.3 Å². The van der Waals surface area contributed by atoms with E-state index in [9.17, 15) is 4.79 Å². The Labute approximate surface area is 119 Å². The van der Waals surface area contributed by atoms with Crippen LogP contribution < -0.4 is 10.1 Å². The van der Waals surface area contributed by atoms with Crippen molar-refractivity contribution in [3.05, 3.63) is 42.5 Å². The first-order valence-electron chi connectivity index (χ1n) is 6.53. The molecule has 0 aliphatic rings. The number of amides is 1. The van der Waals surface area contributed by atoms with E-state index >= 15 is 0 Å². The number of carbonyl (C=O) groups excluding carboxylic acids is 1.